The van der Waals surface area contributed by atoms with E-state index >= 15 is 0 Å². The summed E-state index contributed by atoms with van der Waals surface area (Å²) in [5.74, 6) is 0.347. The Morgan fingerprint density at radius 3 is 2.78 bits per heavy atom. The van der Waals surface area contributed by atoms with E-state index in [4.69, 9.17) is 0 Å². The van der Waals surface area contributed by atoms with Crippen LogP contribution in [0.3, 0.4) is 0 Å². The third kappa shape index (κ3) is 4.16. The van der Waals surface area contributed by atoms with Gasteiger partial charge < -0.3 is 5.32 Å². The van der Waals surface area contributed by atoms with Gasteiger partial charge in [0.05, 0.1) is 17.6 Å². The van der Waals surface area contributed by atoms with E-state index in [1.807, 2.05) is 36.4 Å². The Kier molecular flexibility index (Phi) is 4.78. The molecule has 3 nitrogen and oxygen atoms in total. The molecule has 1 N–H and O–H groups in total. The number of anilines is 1. The Labute approximate surface area is 118 Å². The quantitative estimate of drug-likeness (QED) is 0.875. The van der Waals surface area contributed by atoms with Gasteiger partial charge in [-0.2, -0.15) is 0 Å². The lowest BCUT2D eigenvalue weighted by atomic mass is 10.4. The van der Waals surface area contributed by atoms with Crippen LogP contribution in [-0.4, -0.2) is 16.6 Å². The van der Waals surface area contributed by atoms with E-state index in [0.29, 0.717) is 11.4 Å². The third-order valence-corrected chi connectivity index (χ3v) is 3.55. The van der Waals surface area contributed by atoms with Crippen LogP contribution in [-0.2, 0) is 4.79 Å². The van der Waals surface area contributed by atoms with E-state index in [9.17, 15) is 4.79 Å². The number of hydrogen-bond acceptors (Lipinski definition) is 3. The van der Waals surface area contributed by atoms with E-state index < -0.39 is 0 Å². The predicted octanol–water partition coefficient (Wildman–Crippen LogP) is 3.57. The number of thioether (sulfide) groups is 1. The zero-order valence-corrected chi connectivity index (χ0v) is 11.9. The number of nitrogens with one attached hydrogen (secondary N) is 1. The second kappa shape index (κ2) is 6.56. The molecule has 2 aromatic rings. The normalized spacial score (nSPS) is 10.1. The molecule has 18 heavy (non-hydrogen) atoms. The van der Waals surface area contributed by atoms with Crippen LogP contribution < -0.4 is 5.32 Å². The number of benzene rings is 1. The van der Waals surface area contributed by atoms with Crippen LogP contribution in [0.15, 0.2) is 58.2 Å². The van der Waals surface area contributed by atoms with Crippen LogP contribution in [0.5, 0.6) is 0 Å². The zero-order valence-electron chi connectivity index (χ0n) is 9.47. The zero-order chi connectivity index (χ0) is 12.8. The van der Waals surface area contributed by atoms with Gasteiger partial charge >= 0.3 is 0 Å². The number of aromatic nitrogens is 1. The highest BCUT2D eigenvalue weighted by Crippen LogP contribution is 2.18. The number of carbonyl (C=O) groups is 1. The van der Waals surface area contributed by atoms with Gasteiger partial charge in [0.25, 0.3) is 0 Å². The lowest BCUT2D eigenvalue weighted by Crippen LogP contribution is -2.14. The lowest BCUT2D eigenvalue weighted by Gasteiger charge is -2.05. The van der Waals surface area contributed by atoms with Gasteiger partial charge in [-0.15, -0.1) is 11.8 Å². The van der Waals surface area contributed by atoms with E-state index in [-0.39, 0.29) is 5.91 Å². The fourth-order valence-corrected chi connectivity index (χ4v) is 2.43. The molecule has 5 heteroatoms. The average Bonchev–Trinajstić information content (AvgIpc) is 2.38. The molecule has 1 aromatic heterocycles. The molecule has 0 saturated carbocycles. The molecule has 0 aliphatic carbocycles. The Balaban J connectivity index is 1.86. The SMILES string of the molecule is O=C(CSc1ccccc1)Nc1cncc(Br)c1. The number of hydrogen-bond donors (Lipinski definition) is 1. The summed E-state index contributed by atoms with van der Waals surface area (Å²) in [5.41, 5.74) is 0.697. The Morgan fingerprint density at radius 2 is 2.06 bits per heavy atom. The van der Waals surface area contributed by atoms with Crippen molar-refractivity contribution in [3.05, 3.63) is 53.3 Å². The van der Waals surface area contributed by atoms with Crippen molar-refractivity contribution in [2.45, 2.75) is 4.90 Å². The largest absolute Gasteiger partial charge is 0.324 e. The van der Waals surface area contributed by atoms with Gasteiger partial charge in [0.1, 0.15) is 0 Å². The molecule has 0 unspecified atom stereocenters. The van der Waals surface area contributed by atoms with E-state index in [1.165, 1.54) is 11.8 Å². The van der Waals surface area contributed by atoms with Crippen molar-refractivity contribution in [3.8, 4) is 0 Å². The summed E-state index contributed by atoms with van der Waals surface area (Å²) in [4.78, 5) is 16.8. The van der Waals surface area contributed by atoms with Crippen molar-refractivity contribution >= 4 is 39.3 Å². The van der Waals surface area contributed by atoms with Crippen molar-refractivity contribution < 1.29 is 4.79 Å². The average molecular weight is 323 g/mol. The molecule has 0 fully saturated rings. The number of halogens is 1. The molecule has 0 saturated heterocycles. The van der Waals surface area contributed by atoms with Gasteiger partial charge in [-0.25, -0.2) is 0 Å². The highest BCUT2D eigenvalue weighted by molar-refractivity contribution is 9.10. The fourth-order valence-electron chi connectivity index (χ4n) is 1.34. The summed E-state index contributed by atoms with van der Waals surface area (Å²) in [6.45, 7) is 0. The standard InChI is InChI=1S/C13H11BrN2OS/c14-10-6-11(8-15-7-10)16-13(17)9-18-12-4-2-1-3-5-12/h1-8H,9H2,(H,16,17). The molecular weight excluding hydrogens is 312 g/mol. The van der Waals surface area contributed by atoms with E-state index in [2.05, 4.69) is 26.2 Å². The fraction of sp³-hybridized carbons (Fsp3) is 0.0769. The van der Waals surface area contributed by atoms with Gasteiger partial charge in [-0.05, 0) is 34.1 Å². The first-order chi connectivity index (χ1) is 8.74. The monoisotopic (exact) mass is 322 g/mol. The minimum Gasteiger partial charge on any atom is -0.324 e. The van der Waals surface area contributed by atoms with Gasteiger partial charge in [-0.1, -0.05) is 18.2 Å². The van der Waals surface area contributed by atoms with Gasteiger partial charge in [0.15, 0.2) is 0 Å². The summed E-state index contributed by atoms with van der Waals surface area (Å²) < 4.78 is 0.844. The molecule has 0 spiro atoms. The van der Waals surface area contributed by atoms with Crippen molar-refractivity contribution in [2.75, 3.05) is 11.1 Å². The van der Waals surface area contributed by atoms with E-state index in [0.717, 1.165) is 9.37 Å². The maximum atomic E-state index is 11.7. The molecule has 0 radical (unpaired) electrons. The highest BCUT2D eigenvalue weighted by atomic mass is 79.9. The molecule has 1 amide bonds. The summed E-state index contributed by atoms with van der Waals surface area (Å²) in [6, 6.07) is 11.7. The van der Waals surface area contributed by atoms with Crippen molar-refractivity contribution in [1.29, 1.82) is 0 Å². The number of nitrogens with zero attached hydrogens (tertiary/aromatic N) is 1. The Hall–Kier alpha value is -1.33. The summed E-state index contributed by atoms with van der Waals surface area (Å²) in [7, 11) is 0. The summed E-state index contributed by atoms with van der Waals surface area (Å²) in [5, 5.41) is 2.80. The van der Waals surface area contributed by atoms with Crippen molar-refractivity contribution in [1.82, 2.24) is 4.98 Å². The smallest absolute Gasteiger partial charge is 0.234 e. The molecule has 1 aromatic carbocycles. The second-order valence-electron chi connectivity index (χ2n) is 3.54. The first-order valence-corrected chi connectivity index (χ1v) is 7.10. The van der Waals surface area contributed by atoms with Crippen LogP contribution in [0.2, 0.25) is 0 Å². The second-order valence-corrected chi connectivity index (χ2v) is 5.51. The van der Waals surface area contributed by atoms with Gasteiger partial charge in [0, 0.05) is 15.6 Å². The minimum atomic E-state index is -0.0382. The van der Waals surface area contributed by atoms with Crippen molar-refractivity contribution in [3.63, 3.8) is 0 Å². The molecular formula is C13H11BrN2OS. The van der Waals surface area contributed by atoms with E-state index in [1.54, 1.807) is 12.4 Å². The van der Waals surface area contributed by atoms with Gasteiger partial charge in [0.2, 0.25) is 5.91 Å². The molecule has 0 atom stereocenters. The minimum absolute atomic E-state index is 0.0382. The van der Waals surface area contributed by atoms with Crippen LogP contribution >= 0.6 is 27.7 Å². The number of rotatable bonds is 4. The molecule has 92 valence electrons. The Bertz CT molecular complexity index is 534. The number of carbonyl (C=O) groups excluding carboxylic acids is 1. The first-order valence-electron chi connectivity index (χ1n) is 5.32. The van der Waals surface area contributed by atoms with Crippen LogP contribution in [0.1, 0.15) is 0 Å². The van der Waals surface area contributed by atoms with Crippen LogP contribution in [0.4, 0.5) is 5.69 Å². The number of pyridine rings is 1. The lowest BCUT2D eigenvalue weighted by molar-refractivity contribution is -0.113. The van der Waals surface area contributed by atoms with Crippen molar-refractivity contribution in [2.24, 2.45) is 0 Å². The molecule has 2 rings (SSSR count). The molecule has 0 aliphatic heterocycles. The maximum absolute atomic E-state index is 11.7. The summed E-state index contributed by atoms with van der Waals surface area (Å²) in [6.07, 6.45) is 3.30. The molecule has 0 bridgehead atoms. The molecule has 1 heterocycles. The predicted molar refractivity (Wildman–Crippen MR) is 77.7 cm³/mol. The highest BCUT2D eigenvalue weighted by Gasteiger charge is 2.04. The molecule has 0 aliphatic rings. The van der Waals surface area contributed by atoms with Gasteiger partial charge in [-0.3, -0.25) is 9.78 Å². The number of amides is 1. The topological polar surface area (TPSA) is 42.0 Å². The first kappa shape index (κ1) is 13.1. The summed E-state index contributed by atoms with van der Waals surface area (Å²) >= 11 is 4.82. The Morgan fingerprint density at radius 1 is 1.28 bits per heavy atom. The maximum Gasteiger partial charge on any atom is 0.234 e. The van der Waals surface area contributed by atoms with Crippen LogP contribution in [0.25, 0.3) is 0 Å². The van der Waals surface area contributed by atoms with Crippen LogP contribution in [0, 0.1) is 0 Å². The third-order valence-electron chi connectivity index (χ3n) is 2.10.